The Morgan fingerprint density at radius 1 is 0.980 bits per heavy atom. The van der Waals surface area contributed by atoms with Crippen LogP contribution in [0.4, 0.5) is 0 Å². The SMILES string of the molecule is [2H][13C]([2H])([2H])N(C)[C@H]1C[C@@H](C)O[C@@H](O[C@@H]2[C@@H](C)C(O[C@H]3C[C@@](C)(OC)[C@@H](O)[C@H](C)O3)[C@@H](C)C(=O)O[C@H](CC)[C@@]3(C)O[C@]4(O[C@]2(C)C[C@H]4C)[C@H](C)[C@H]3O)[C@@H]1O. The van der Waals surface area contributed by atoms with Crippen LogP contribution in [-0.4, -0.2) is 137 Å². The van der Waals surface area contributed by atoms with E-state index >= 15 is 0 Å². The van der Waals surface area contributed by atoms with E-state index in [9.17, 15) is 20.1 Å². The molecule has 0 amide bonds. The van der Waals surface area contributed by atoms with E-state index in [0.717, 1.165) is 4.90 Å². The van der Waals surface area contributed by atoms with Gasteiger partial charge in [0.1, 0.15) is 23.9 Å². The summed E-state index contributed by atoms with van der Waals surface area (Å²) in [6.45, 7) is 15.8. The molecule has 0 radical (unpaired) electrons. The number of fused-ring (bicyclic) bond motifs is 2. The third kappa shape index (κ3) is 6.69. The van der Waals surface area contributed by atoms with E-state index in [-0.39, 0.29) is 18.8 Å². The number of hydrogen-bond acceptors (Lipinski definition) is 13. The van der Waals surface area contributed by atoms with E-state index in [2.05, 4.69) is 0 Å². The summed E-state index contributed by atoms with van der Waals surface area (Å²) >= 11 is 0. The van der Waals surface area contributed by atoms with Crippen LogP contribution in [0.1, 0.15) is 99.0 Å². The molecule has 0 aromatic heterocycles. The molecule has 50 heavy (non-hydrogen) atoms. The Bertz CT molecular complexity index is 1310. The fourth-order valence-corrected chi connectivity index (χ4v) is 9.68. The third-order valence-corrected chi connectivity index (χ3v) is 12.8. The van der Waals surface area contributed by atoms with Gasteiger partial charge in [0.15, 0.2) is 18.4 Å². The zero-order valence-electron chi connectivity index (χ0n) is 35.0. The number of hydrogen-bond donors (Lipinski definition) is 3. The first-order chi connectivity index (χ1) is 24.4. The molecule has 13 heteroatoms. The van der Waals surface area contributed by atoms with E-state index < -0.39 is 121 Å². The number of nitrogens with zero attached hydrogens (tertiary/aromatic N) is 1. The topological polar surface area (TPSA) is 155 Å². The van der Waals surface area contributed by atoms with E-state index in [1.165, 1.54) is 14.2 Å². The van der Waals surface area contributed by atoms with Gasteiger partial charge in [0, 0.05) is 41.4 Å². The number of carbonyl (C=O) groups is 1. The molecule has 5 rings (SSSR count). The monoisotopic (exact) mass is 719 g/mol. The van der Waals surface area contributed by atoms with Gasteiger partial charge in [-0.25, -0.2) is 0 Å². The molecule has 3 bridgehead atoms. The molecule has 3 N–H and O–H groups in total. The Balaban J connectivity index is 1.62. The first-order valence-electron chi connectivity index (χ1n) is 19.9. The number of likely N-dealkylation sites (N-methyl/N-ethyl adjacent to an activating group) is 1. The fourth-order valence-electron chi connectivity index (χ4n) is 9.68. The van der Waals surface area contributed by atoms with Gasteiger partial charge in [0.2, 0.25) is 0 Å². The minimum Gasteiger partial charge on any atom is -0.459 e. The number of methoxy groups -OCH3 is 1. The van der Waals surface area contributed by atoms with Crippen LogP contribution in [-0.2, 0) is 42.7 Å². The van der Waals surface area contributed by atoms with Crippen molar-refractivity contribution in [3.8, 4) is 0 Å². The number of cyclic esters (lactones) is 1. The normalized spacial score (nSPS) is 55.8. The van der Waals surface area contributed by atoms with E-state index in [1.54, 1.807) is 34.6 Å². The van der Waals surface area contributed by atoms with Crippen molar-refractivity contribution in [3.63, 3.8) is 0 Å². The zero-order chi connectivity index (χ0) is 39.8. The molecule has 290 valence electrons. The van der Waals surface area contributed by atoms with Crippen molar-refractivity contribution >= 4 is 5.97 Å². The molecule has 5 fully saturated rings. The van der Waals surface area contributed by atoms with E-state index in [1.807, 2.05) is 34.6 Å². The Morgan fingerprint density at radius 3 is 2.28 bits per heavy atom. The van der Waals surface area contributed by atoms with Gasteiger partial charge in [-0.3, -0.25) is 4.79 Å². The minimum atomic E-state index is -2.48. The number of carbonyl (C=O) groups excluding carboxylic acids is 1. The molecule has 5 aliphatic heterocycles. The lowest BCUT2D eigenvalue weighted by Crippen LogP contribution is -2.61. The van der Waals surface area contributed by atoms with Crippen molar-refractivity contribution < 1.29 is 62.1 Å². The Morgan fingerprint density at radius 2 is 1.66 bits per heavy atom. The van der Waals surface area contributed by atoms with Crippen molar-refractivity contribution in [1.29, 1.82) is 0 Å². The van der Waals surface area contributed by atoms with Gasteiger partial charge in [-0.2, -0.15) is 0 Å². The second-order valence-electron chi connectivity index (χ2n) is 16.6. The lowest BCUT2D eigenvalue weighted by Gasteiger charge is -2.49. The average Bonchev–Trinajstić information content (AvgIpc) is 3.45. The molecule has 0 aromatic rings. The van der Waals surface area contributed by atoms with Crippen molar-refractivity contribution in [3.05, 3.63) is 0 Å². The number of aliphatic hydroxyl groups excluding tert-OH is 3. The first kappa shape index (κ1) is 36.0. The molecule has 1 spiro atoms. The summed E-state index contributed by atoms with van der Waals surface area (Å²) in [5, 5.41) is 34.5. The summed E-state index contributed by atoms with van der Waals surface area (Å²) in [7, 11) is 2.96. The quantitative estimate of drug-likeness (QED) is 0.261. The van der Waals surface area contributed by atoms with E-state index in [0.29, 0.717) is 12.8 Å². The molecule has 5 heterocycles. The van der Waals surface area contributed by atoms with Gasteiger partial charge >= 0.3 is 5.97 Å². The Kier molecular flexibility index (Phi) is 10.3. The number of rotatable bonds is 7. The standard InChI is InChI=1S/C37H65NO12/c1-14-25-36(10)29(40)22(6)37(50-36)18(2)16-35(9,49-37)31(48-33-27(39)24(38(11)12)15-19(3)44-33)20(4)28(21(5)32(42)46-25)47-26-17-34(8,43-13)30(41)23(7)45-26/h18-31,33,39-41H,14-17H2,1-13H3/t18-,19-,20+,21-,22-,23+,24+,25-,26+,27-,28?,29-,30+,31-,33+,34-,35-,36-,37+/m1/s1/i11+1D3. The molecule has 0 aromatic carbocycles. The lowest BCUT2D eigenvalue weighted by atomic mass is 9.77. The largest absolute Gasteiger partial charge is 0.459 e. The minimum absolute atomic E-state index is 0.151. The number of aliphatic hydroxyl groups is 3. The lowest BCUT2D eigenvalue weighted by molar-refractivity contribution is -0.344. The summed E-state index contributed by atoms with van der Waals surface area (Å²) in [6, 6.07) is -0.823. The maximum atomic E-state index is 14.3. The molecular formula is C37H65NO12. The van der Waals surface area contributed by atoms with Gasteiger partial charge in [0.05, 0.1) is 47.6 Å². The highest BCUT2D eigenvalue weighted by Gasteiger charge is 2.71. The van der Waals surface area contributed by atoms with Crippen LogP contribution in [0.2, 0.25) is 0 Å². The van der Waals surface area contributed by atoms with Gasteiger partial charge in [-0.05, 0) is 74.8 Å². The molecule has 0 saturated carbocycles. The molecular weight excluding hydrogens is 651 g/mol. The van der Waals surface area contributed by atoms with Crippen LogP contribution in [0.5, 0.6) is 0 Å². The number of esters is 1. The summed E-state index contributed by atoms with van der Waals surface area (Å²) in [5.41, 5.74) is -3.49. The average molecular weight is 720 g/mol. The van der Waals surface area contributed by atoms with Gasteiger partial charge in [-0.15, -0.1) is 0 Å². The van der Waals surface area contributed by atoms with Gasteiger partial charge < -0.3 is 58.1 Å². The predicted octanol–water partition coefficient (Wildman–Crippen LogP) is 2.99. The molecule has 5 aliphatic rings. The highest BCUT2D eigenvalue weighted by Crippen LogP contribution is 2.59. The summed E-state index contributed by atoms with van der Waals surface area (Å²) in [4.78, 5) is 15.4. The fraction of sp³-hybridized carbons (Fsp3) is 0.973. The van der Waals surface area contributed by atoms with Crippen molar-refractivity contribution in [2.75, 3.05) is 21.1 Å². The Hall–Kier alpha value is -0.970. The van der Waals surface area contributed by atoms with Crippen LogP contribution in [0.15, 0.2) is 0 Å². The maximum absolute atomic E-state index is 14.3. The molecule has 13 nitrogen and oxygen atoms in total. The molecule has 19 atom stereocenters. The first-order valence-corrected chi connectivity index (χ1v) is 18.4. The number of ether oxygens (including phenoxy) is 8. The highest BCUT2D eigenvalue weighted by molar-refractivity contribution is 5.73. The van der Waals surface area contributed by atoms with Crippen LogP contribution >= 0.6 is 0 Å². The molecule has 0 aliphatic carbocycles. The Labute approximate surface area is 302 Å². The highest BCUT2D eigenvalue weighted by atomic mass is 16.8. The van der Waals surface area contributed by atoms with Gasteiger partial charge in [-0.1, -0.05) is 27.7 Å². The van der Waals surface area contributed by atoms with Crippen LogP contribution in [0.25, 0.3) is 0 Å². The second kappa shape index (κ2) is 14.4. The zero-order valence-corrected chi connectivity index (χ0v) is 32.0. The molecule has 5 saturated heterocycles. The summed E-state index contributed by atoms with van der Waals surface area (Å²) < 4.78 is 76.1. The summed E-state index contributed by atoms with van der Waals surface area (Å²) in [6.07, 6.45) is -8.27. The van der Waals surface area contributed by atoms with Crippen LogP contribution in [0.3, 0.4) is 0 Å². The van der Waals surface area contributed by atoms with Crippen molar-refractivity contribution in [2.45, 2.75) is 185 Å². The van der Waals surface area contributed by atoms with Crippen molar-refractivity contribution in [2.24, 2.45) is 23.7 Å². The smallest absolute Gasteiger partial charge is 0.311 e. The molecule has 1 unspecified atom stereocenters. The maximum Gasteiger partial charge on any atom is 0.311 e. The van der Waals surface area contributed by atoms with Gasteiger partial charge in [0.25, 0.3) is 0 Å². The predicted molar refractivity (Wildman–Crippen MR) is 182 cm³/mol. The third-order valence-electron chi connectivity index (χ3n) is 12.8. The summed E-state index contributed by atoms with van der Waals surface area (Å²) in [5.74, 6) is -4.31. The van der Waals surface area contributed by atoms with E-state index in [4.69, 9.17) is 42.0 Å². The van der Waals surface area contributed by atoms with Crippen molar-refractivity contribution in [1.82, 2.24) is 4.90 Å². The van der Waals surface area contributed by atoms with Crippen LogP contribution < -0.4 is 0 Å². The van der Waals surface area contributed by atoms with Crippen LogP contribution in [0, 0.1) is 23.7 Å². The second-order valence-corrected chi connectivity index (χ2v) is 16.6.